The maximum atomic E-state index is 5.48. The van der Waals surface area contributed by atoms with Crippen LogP contribution in [-0.2, 0) is 6.54 Å². The number of hydrogen-bond donors (Lipinski definition) is 2. The van der Waals surface area contributed by atoms with Gasteiger partial charge in [-0.05, 0) is 28.3 Å². The Balaban J connectivity index is 0.00000364. The fourth-order valence-electron chi connectivity index (χ4n) is 2.57. The third kappa shape index (κ3) is 6.46. The molecule has 0 radical (unpaired) electrons. The fraction of sp³-hybridized carbons (Fsp3) is 0.421. The Bertz CT molecular complexity index is 698. The number of thiophene rings is 1. The monoisotopic (exact) mass is 505 g/mol. The lowest BCUT2D eigenvalue weighted by Gasteiger charge is -2.18. The summed E-state index contributed by atoms with van der Waals surface area (Å²) in [6.07, 6.45) is 0. The number of hydrogen-bond acceptors (Lipinski definition) is 5. The minimum atomic E-state index is 0. The first kappa shape index (κ1) is 23.4. The van der Waals surface area contributed by atoms with Gasteiger partial charge in [0, 0.05) is 25.7 Å². The highest BCUT2D eigenvalue weighted by atomic mass is 127. The molecule has 1 atom stereocenters. The predicted octanol–water partition coefficient (Wildman–Crippen LogP) is 3.86. The minimum Gasteiger partial charge on any atom is -0.496 e. The van der Waals surface area contributed by atoms with Gasteiger partial charge >= 0.3 is 0 Å². The van der Waals surface area contributed by atoms with Crippen molar-refractivity contribution in [2.75, 3.05) is 34.9 Å². The van der Waals surface area contributed by atoms with E-state index < -0.39 is 0 Å². The van der Waals surface area contributed by atoms with Crippen molar-refractivity contribution in [3.05, 3.63) is 40.1 Å². The highest BCUT2D eigenvalue weighted by Crippen LogP contribution is 2.33. The summed E-state index contributed by atoms with van der Waals surface area (Å²) in [7, 11) is 6.64. The predicted molar refractivity (Wildman–Crippen MR) is 122 cm³/mol. The number of benzene rings is 1. The van der Waals surface area contributed by atoms with Gasteiger partial charge in [0.15, 0.2) is 5.96 Å². The Hall–Kier alpha value is -1.68. The summed E-state index contributed by atoms with van der Waals surface area (Å²) < 4.78 is 16.3. The Morgan fingerprint density at radius 1 is 1.11 bits per heavy atom. The highest BCUT2D eigenvalue weighted by Gasteiger charge is 2.14. The molecule has 2 aromatic rings. The lowest BCUT2D eigenvalue weighted by molar-refractivity contribution is 0.368. The van der Waals surface area contributed by atoms with Crippen LogP contribution in [-0.4, -0.2) is 40.9 Å². The molecule has 27 heavy (non-hydrogen) atoms. The number of methoxy groups -OCH3 is 3. The average Bonchev–Trinajstić information content (AvgIpc) is 3.22. The van der Waals surface area contributed by atoms with Gasteiger partial charge in [-0.1, -0.05) is 6.92 Å². The first-order valence-corrected chi connectivity index (χ1v) is 9.32. The van der Waals surface area contributed by atoms with Crippen molar-refractivity contribution < 1.29 is 14.2 Å². The molecule has 0 spiro atoms. The van der Waals surface area contributed by atoms with E-state index in [4.69, 9.17) is 14.2 Å². The largest absolute Gasteiger partial charge is 0.496 e. The summed E-state index contributed by atoms with van der Waals surface area (Å²) in [5.74, 6) is 3.23. The molecule has 1 aromatic carbocycles. The van der Waals surface area contributed by atoms with E-state index in [2.05, 4.69) is 39.4 Å². The second kappa shape index (κ2) is 11.9. The molecule has 0 fully saturated rings. The molecular weight excluding hydrogens is 477 g/mol. The number of nitrogens with zero attached hydrogens (tertiary/aromatic N) is 1. The quantitative estimate of drug-likeness (QED) is 0.324. The molecular formula is C19H28IN3O3S. The lowest BCUT2D eigenvalue weighted by Crippen LogP contribution is -2.38. The van der Waals surface area contributed by atoms with Gasteiger partial charge < -0.3 is 24.8 Å². The van der Waals surface area contributed by atoms with Crippen molar-refractivity contribution in [1.82, 2.24) is 10.6 Å². The molecule has 0 aliphatic carbocycles. The smallest absolute Gasteiger partial charge is 0.191 e. The summed E-state index contributed by atoms with van der Waals surface area (Å²) in [5.41, 5.74) is 2.24. The maximum Gasteiger partial charge on any atom is 0.191 e. The maximum absolute atomic E-state index is 5.48. The van der Waals surface area contributed by atoms with Crippen molar-refractivity contribution in [3.8, 4) is 17.2 Å². The van der Waals surface area contributed by atoms with Crippen molar-refractivity contribution in [3.63, 3.8) is 0 Å². The second-order valence-corrected chi connectivity index (χ2v) is 6.55. The summed E-state index contributed by atoms with van der Waals surface area (Å²) in [5, 5.41) is 11.0. The second-order valence-electron chi connectivity index (χ2n) is 5.77. The molecule has 0 aliphatic rings. The zero-order chi connectivity index (χ0) is 18.9. The molecule has 0 saturated heterocycles. The normalized spacial score (nSPS) is 12.0. The molecule has 0 saturated carbocycles. The SMILES string of the molecule is CN=C(NCc1c(OC)cc(OC)cc1OC)NCC(C)c1ccsc1.I. The number of guanidine groups is 1. The third-order valence-corrected chi connectivity index (χ3v) is 4.86. The number of aliphatic imine (C=N–C) groups is 1. The van der Waals surface area contributed by atoms with E-state index in [1.807, 2.05) is 12.1 Å². The zero-order valence-corrected chi connectivity index (χ0v) is 19.5. The number of halogens is 1. The summed E-state index contributed by atoms with van der Waals surface area (Å²) >= 11 is 1.71. The van der Waals surface area contributed by atoms with Gasteiger partial charge in [-0.15, -0.1) is 24.0 Å². The average molecular weight is 505 g/mol. The van der Waals surface area contributed by atoms with E-state index in [-0.39, 0.29) is 24.0 Å². The van der Waals surface area contributed by atoms with Crippen LogP contribution in [0.4, 0.5) is 0 Å². The molecule has 1 unspecified atom stereocenters. The molecule has 1 aromatic heterocycles. The van der Waals surface area contributed by atoms with Crippen LogP contribution < -0.4 is 24.8 Å². The molecule has 0 amide bonds. The first-order chi connectivity index (χ1) is 12.6. The Morgan fingerprint density at radius 3 is 2.26 bits per heavy atom. The van der Waals surface area contributed by atoms with Crippen LogP contribution in [0.2, 0.25) is 0 Å². The fourth-order valence-corrected chi connectivity index (χ4v) is 3.35. The van der Waals surface area contributed by atoms with Crippen LogP contribution in [0.1, 0.15) is 24.0 Å². The third-order valence-electron chi connectivity index (χ3n) is 4.16. The van der Waals surface area contributed by atoms with E-state index in [1.54, 1.807) is 39.7 Å². The summed E-state index contributed by atoms with van der Waals surface area (Å²) in [6.45, 7) is 3.51. The van der Waals surface area contributed by atoms with Crippen LogP contribution in [0.25, 0.3) is 0 Å². The summed E-state index contributed by atoms with van der Waals surface area (Å²) in [6, 6.07) is 5.84. The van der Waals surface area contributed by atoms with E-state index in [0.717, 1.165) is 18.1 Å². The van der Waals surface area contributed by atoms with E-state index in [0.29, 0.717) is 29.7 Å². The van der Waals surface area contributed by atoms with Gasteiger partial charge in [-0.25, -0.2) is 0 Å². The van der Waals surface area contributed by atoms with Crippen molar-refractivity contribution in [2.24, 2.45) is 4.99 Å². The Morgan fingerprint density at radius 2 is 1.78 bits per heavy atom. The highest BCUT2D eigenvalue weighted by molar-refractivity contribution is 14.0. The molecule has 8 heteroatoms. The number of rotatable bonds is 8. The first-order valence-electron chi connectivity index (χ1n) is 8.38. The molecule has 150 valence electrons. The van der Waals surface area contributed by atoms with Gasteiger partial charge in [0.2, 0.25) is 0 Å². The molecule has 0 bridgehead atoms. The summed E-state index contributed by atoms with van der Waals surface area (Å²) in [4.78, 5) is 4.29. The zero-order valence-electron chi connectivity index (χ0n) is 16.4. The Kier molecular flexibility index (Phi) is 10.3. The topological polar surface area (TPSA) is 64.1 Å². The van der Waals surface area contributed by atoms with Crippen LogP contribution in [0, 0.1) is 0 Å². The number of ether oxygens (including phenoxy) is 3. The molecule has 0 aliphatic heterocycles. The molecule has 1 heterocycles. The van der Waals surface area contributed by atoms with E-state index in [9.17, 15) is 0 Å². The van der Waals surface area contributed by atoms with Crippen LogP contribution >= 0.6 is 35.3 Å². The van der Waals surface area contributed by atoms with Crippen LogP contribution in [0.3, 0.4) is 0 Å². The molecule has 6 nitrogen and oxygen atoms in total. The lowest BCUT2D eigenvalue weighted by atomic mass is 10.1. The van der Waals surface area contributed by atoms with Gasteiger partial charge in [-0.3, -0.25) is 4.99 Å². The number of nitrogens with one attached hydrogen (secondary N) is 2. The van der Waals surface area contributed by atoms with Gasteiger partial charge in [0.1, 0.15) is 17.2 Å². The van der Waals surface area contributed by atoms with E-state index >= 15 is 0 Å². The minimum absolute atomic E-state index is 0. The van der Waals surface area contributed by atoms with Gasteiger partial charge in [0.05, 0.1) is 33.4 Å². The van der Waals surface area contributed by atoms with Gasteiger partial charge in [-0.2, -0.15) is 11.3 Å². The Labute approximate surface area is 182 Å². The van der Waals surface area contributed by atoms with Crippen LogP contribution in [0.5, 0.6) is 17.2 Å². The van der Waals surface area contributed by atoms with Crippen molar-refractivity contribution in [2.45, 2.75) is 19.4 Å². The van der Waals surface area contributed by atoms with Crippen molar-refractivity contribution in [1.29, 1.82) is 0 Å². The van der Waals surface area contributed by atoms with Crippen molar-refractivity contribution >= 4 is 41.3 Å². The van der Waals surface area contributed by atoms with Crippen LogP contribution in [0.15, 0.2) is 34.0 Å². The van der Waals surface area contributed by atoms with E-state index in [1.165, 1.54) is 5.56 Å². The standard InChI is InChI=1S/C19H27N3O3S.HI/c1-13(14-6-7-26-12-14)10-21-19(20-2)22-11-16-17(24-4)8-15(23-3)9-18(16)25-5;/h6-9,12-13H,10-11H2,1-5H3,(H2,20,21,22);1H. The molecule has 2 N–H and O–H groups in total. The molecule has 2 rings (SSSR count). The van der Waals surface area contributed by atoms with Gasteiger partial charge in [0.25, 0.3) is 0 Å².